The van der Waals surface area contributed by atoms with Gasteiger partial charge in [0.1, 0.15) is 11.2 Å². The first-order valence-corrected chi connectivity index (χ1v) is 6.42. The molecule has 1 atom stereocenters. The van der Waals surface area contributed by atoms with Crippen LogP contribution in [0.5, 0.6) is 0 Å². The van der Waals surface area contributed by atoms with Gasteiger partial charge in [0.25, 0.3) is 0 Å². The van der Waals surface area contributed by atoms with Crippen LogP contribution < -0.4 is 5.32 Å². The Bertz CT molecular complexity index is 183. The summed E-state index contributed by atoms with van der Waals surface area (Å²) in [5.74, 6) is 0.491. The number of carbonyl (C=O) groups is 1. The van der Waals surface area contributed by atoms with Crippen LogP contribution in [0.2, 0.25) is 0 Å². The normalized spacial score (nSPS) is 13.1. The molecule has 0 fully saturated rings. The first-order chi connectivity index (χ1) is 6.70. The zero-order valence-electron chi connectivity index (χ0n) is 8.91. The monoisotopic (exact) mass is 217 g/mol. The van der Waals surface area contributed by atoms with Gasteiger partial charge < -0.3 is 9.87 Å². The largest absolute Gasteiger partial charge is 0.612 e. The molecule has 0 bridgehead atoms. The maximum atomic E-state index is 11.2. The summed E-state index contributed by atoms with van der Waals surface area (Å²) in [6.45, 7) is 4.71. The fraction of sp³-hybridized carbons (Fsp3) is 0.700. The maximum Gasteiger partial charge on any atom is 0.248 e. The number of nitrogens with one attached hydrogen (secondary N) is 1. The summed E-state index contributed by atoms with van der Waals surface area (Å²) < 4.78 is 11.2. The minimum absolute atomic E-state index is 0.156. The number of rotatable bonds is 7. The van der Waals surface area contributed by atoms with Crippen molar-refractivity contribution in [1.82, 2.24) is 5.32 Å². The van der Waals surface area contributed by atoms with Gasteiger partial charge in [0, 0.05) is 6.54 Å². The van der Waals surface area contributed by atoms with Gasteiger partial charge >= 0.3 is 0 Å². The average Bonchev–Trinajstić information content (AvgIpc) is 2.20. The number of hydrogen-bond donors (Lipinski definition) is 1. The Morgan fingerprint density at radius 2 is 2.14 bits per heavy atom. The summed E-state index contributed by atoms with van der Waals surface area (Å²) in [5, 5.41) is 4.16. The molecule has 0 aliphatic carbocycles. The Hall–Kier alpha value is -0.480. The molecule has 0 spiro atoms. The molecule has 0 aromatic heterocycles. The van der Waals surface area contributed by atoms with E-state index < -0.39 is 11.2 Å². The first-order valence-electron chi connectivity index (χ1n) is 5.03. The van der Waals surface area contributed by atoms with Gasteiger partial charge in [-0.1, -0.05) is 20.3 Å². The molecule has 1 N–H and O–H groups in total. The highest BCUT2D eigenvalue weighted by Crippen LogP contribution is 1.98. The van der Waals surface area contributed by atoms with Crippen molar-refractivity contribution in [3.63, 3.8) is 0 Å². The second-order valence-electron chi connectivity index (χ2n) is 3.03. The summed E-state index contributed by atoms with van der Waals surface area (Å²) in [6, 6.07) is 0. The second-order valence-corrected chi connectivity index (χ2v) is 4.47. The van der Waals surface area contributed by atoms with Crippen molar-refractivity contribution in [3.8, 4) is 0 Å². The van der Waals surface area contributed by atoms with Gasteiger partial charge in [-0.3, -0.25) is 4.79 Å². The van der Waals surface area contributed by atoms with E-state index in [1.54, 1.807) is 0 Å². The molecule has 0 aliphatic rings. The molecule has 0 aliphatic heterocycles. The number of unbranched alkanes of at least 4 members (excludes halogenated alkanes) is 1. The molecule has 0 aromatic rings. The SMILES string of the molecule is CCCC[S+]([O-])C=CC(=O)NCCC. The summed E-state index contributed by atoms with van der Waals surface area (Å²) in [5.41, 5.74) is 0. The molecule has 82 valence electrons. The van der Waals surface area contributed by atoms with Crippen LogP contribution in [-0.4, -0.2) is 22.8 Å². The molecule has 0 rings (SSSR count). The molecule has 14 heavy (non-hydrogen) atoms. The molecule has 0 radical (unpaired) electrons. The first kappa shape index (κ1) is 13.5. The number of amides is 1. The lowest BCUT2D eigenvalue weighted by Gasteiger charge is -2.03. The van der Waals surface area contributed by atoms with Crippen LogP contribution >= 0.6 is 0 Å². The minimum Gasteiger partial charge on any atom is -0.612 e. The van der Waals surface area contributed by atoms with Gasteiger partial charge in [0.05, 0.1) is 6.08 Å². The third kappa shape index (κ3) is 8.13. The van der Waals surface area contributed by atoms with Gasteiger partial charge in [0.2, 0.25) is 5.91 Å². The van der Waals surface area contributed by atoms with E-state index in [1.807, 2.05) is 6.92 Å². The van der Waals surface area contributed by atoms with Crippen LogP contribution in [0, 0.1) is 0 Å². The van der Waals surface area contributed by atoms with Crippen molar-refractivity contribution < 1.29 is 9.35 Å². The highest BCUT2D eigenvalue weighted by atomic mass is 32.2. The van der Waals surface area contributed by atoms with Gasteiger partial charge in [-0.2, -0.15) is 0 Å². The summed E-state index contributed by atoms with van der Waals surface area (Å²) in [6.07, 6.45) is 4.25. The van der Waals surface area contributed by atoms with Crippen molar-refractivity contribution in [3.05, 3.63) is 11.5 Å². The summed E-state index contributed by atoms with van der Waals surface area (Å²) in [7, 11) is 0. The Balaban J connectivity index is 3.62. The topological polar surface area (TPSA) is 52.2 Å². The molecule has 4 heteroatoms. The summed E-state index contributed by atoms with van der Waals surface area (Å²) >= 11 is -0.987. The Morgan fingerprint density at radius 1 is 1.43 bits per heavy atom. The molecule has 0 heterocycles. The molecular formula is C10H19NO2S. The van der Waals surface area contributed by atoms with Crippen molar-refractivity contribution in [2.45, 2.75) is 33.1 Å². The molecule has 1 unspecified atom stereocenters. The minimum atomic E-state index is -0.987. The van der Waals surface area contributed by atoms with Crippen molar-refractivity contribution in [1.29, 1.82) is 0 Å². The van der Waals surface area contributed by atoms with Crippen molar-refractivity contribution >= 4 is 17.1 Å². The van der Waals surface area contributed by atoms with Gasteiger partial charge in [-0.05, 0) is 24.0 Å². The van der Waals surface area contributed by atoms with Gasteiger partial charge in [-0.25, -0.2) is 0 Å². The van der Waals surface area contributed by atoms with Crippen LogP contribution in [0.3, 0.4) is 0 Å². The molecule has 1 amide bonds. The third-order valence-corrected chi connectivity index (χ3v) is 2.75. The lowest BCUT2D eigenvalue weighted by atomic mass is 10.4. The van der Waals surface area contributed by atoms with Crippen LogP contribution in [0.25, 0.3) is 0 Å². The third-order valence-electron chi connectivity index (χ3n) is 1.62. The standard InChI is InChI=1S/C10H19NO2S/c1-3-5-8-14(13)9-6-10(12)11-7-4-2/h6,9H,3-5,7-8H2,1-2H3,(H,11,12). The fourth-order valence-electron chi connectivity index (χ4n) is 0.799. The summed E-state index contributed by atoms with van der Waals surface area (Å²) in [4.78, 5) is 11.0. The van der Waals surface area contributed by atoms with E-state index in [9.17, 15) is 9.35 Å². The Labute approximate surface area is 89.1 Å². The fourth-order valence-corrected chi connectivity index (χ4v) is 1.78. The predicted molar refractivity (Wildman–Crippen MR) is 60.4 cm³/mol. The lowest BCUT2D eigenvalue weighted by Crippen LogP contribution is -2.21. The van der Waals surface area contributed by atoms with E-state index >= 15 is 0 Å². The highest BCUT2D eigenvalue weighted by molar-refractivity contribution is 7.94. The highest BCUT2D eigenvalue weighted by Gasteiger charge is 2.01. The van der Waals surface area contributed by atoms with Crippen LogP contribution in [0.1, 0.15) is 33.1 Å². The molecular weight excluding hydrogens is 198 g/mol. The van der Waals surface area contributed by atoms with Crippen LogP contribution in [-0.2, 0) is 16.0 Å². The smallest absolute Gasteiger partial charge is 0.248 e. The number of carbonyl (C=O) groups excluding carboxylic acids is 1. The zero-order chi connectivity index (χ0) is 10.8. The molecule has 3 nitrogen and oxygen atoms in total. The van der Waals surface area contributed by atoms with E-state index in [-0.39, 0.29) is 5.91 Å². The van der Waals surface area contributed by atoms with Crippen molar-refractivity contribution in [2.75, 3.05) is 12.3 Å². The quantitative estimate of drug-likeness (QED) is 0.520. The van der Waals surface area contributed by atoms with Crippen LogP contribution in [0.4, 0.5) is 0 Å². The van der Waals surface area contributed by atoms with Gasteiger partial charge in [0.15, 0.2) is 0 Å². The van der Waals surface area contributed by atoms with E-state index in [2.05, 4.69) is 12.2 Å². The molecule has 0 saturated carbocycles. The van der Waals surface area contributed by atoms with E-state index in [0.29, 0.717) is 12.3 Å². The predicted octanol–water partition coefficient (Wildman–Crippen LogP) is 1.58. The van der Waals surface area contributed by atoms with E-state index in [4.69, 9.17) is 0 Å². The molecule has 0 saturated heterocycles. The Morgan fingerprint density at radius 3 is 2.71 bits per heavy atom. The zero-order valence-corrected chi connectivity index (χ0v) is 9.73. The average molecular weight is 217 g/mol. The Kier molecular flexibility index (Phi) is 8.78. The maximum absolute atomic E-state index is 11.2. The van der Waals surface area contributed by atoms with E-state index in [1.165, 1.54) is 11.5 Å². The van der Waals surface area contributed by atoms with Crippen molar-refractivity contribution in [2.24, 2.45) is 0 Å². The van der Waals surface area contributed by atoms with Crippen LogP contribution in [0.15, 0.2) is 11.5 Å². The van der Waals surface area contributed by atoms with E-state index in [0.717, 1.165) is 19.3 Å². The number of hydrogen-bond acceptors (Lipinski definition) is 2. The molecule has 0 aromatic carbocycles. The second kappa shape index (κ2) is 9.09. The van der Waals surface area contributed by atoms with Gasteiger partial charge in [-0.15, -0.1) is 0 Å². The lowest BCUT2D eigenvalue weighted by molar-refractivity contribution is -0.116.